The maximum absolute atomic E-state index is 13.4. The van der Waals surface area contributed by atoms with Crippen molar-refractivity contribution >= 4 is 11.6 Å². The summed E-state index contributed by atoms with van der Waals surface area (Å²) in [6.45, 7) is 3.93. The van der Waals surface area contributed by atoms with E-state index in [1.54, 1.807) is 12.1 Å². The highest BCUT2D eigenvalue weighted by molar-refractivity contribution is 6.31. The quantitative estimate of drug-likeness (QED) is 0.799. The molecule has 0 saturated carbocycles. The van der Waals surface area contributed by atoms with Gasteiger partial charge in [-0.15, -0.1) is 6.58 Å². The van der Waals surface area contributed by atoms with Crippen LogP contribution in [0.25, 0.3) is 0 Å². The lowest BCUT2D eigenvalue weighted by atomic mass is 10.1. The van der Waals surface area contributed by atoms with Crippen LogP contribution in [0.3, 0.4) is 0 Å². The Bertz CT molecular complexity index is 378. The lowest BCUT2D eigenvalue weighted by Crippen LogP contribution is -2.21. The first kappa shape index (κ1) is 11.7. The molecule has 0 fully saturated rings. The van der Waals surface area contributed by atoms with Gasteiger partial charge in [0, 0.05) is 17.1 Å². The summed E-state index contributed by atoms with van der Waals surface area (Å²) < 4.78 is 13.4. The van der Waals surface area contributed by atoms with E-state index in [0.29, 0.717) is 6.54 Å². The van der Waals surface area contributed by atoms with Crippen molar-refractivity contribution in [1.29, 1.82) is 5.26 Å². The molecule has 0 amide bonds. The van der Waals surface area contributed by atoms with E-state index in [4.69, 9.17) is 16.9 Å². The van der Waals surface area contributed by atoms with Gasteiger partial charge in [0.05, 0.1) is 6.07 Å². The maximum atomic E-state index is 13.4. The average molecular weight is 225 g/mol. The van der Waals surface area contributed by atoms with E-state index in [1.165, 1.54) is 12.1 Å². The van der Waals surface area contributed by atoms with Crippen LogP contribution in [0.15, 0.2) is 30.9 Å². The summed E-state index contributed by atoms with van der Waals surface area (Å²) in [7, 11) is 0. The lowest BCUT2D eigenvalue weighted by molar-refractivity contribution is 0.577. The molecule has 0 aliphatic heterocycles. The van der Waals surface area contributed by atoms with Gasteiger partial charge in [-0.1, -0.05) is 23.7 Å². The van der Waals surface area contributed by atoms with E-state index in [9.17, 15) is 4.39 Å². The van der Waals surface area contributed by atoms with E-state index in [-0.39, 0.29) is 10.6 Å². The molecular weight excluding hydrogens is 215 g/mol. The van der Waals surface area contributed by atoms with Crippen LogP contribution in [0.1, 0.15) is 11.6 Å². The summed E-state index contributed by atoms with van der Waals surface area (Å²) in [4.78, 5) is 0. The summed E-state index contributed by atoms with van der Waals surface area (Å²) in [6.07, 6.45) is 1.60. The standard InChI is InChI=1S/C11H10ClFN2/c1-2-6-15-10(7-14)11-8(12)4-3-5-9(11)13/h2-5,10,15H,1,6H2. The largest absolute Gasteiger partial charge is 0.295 e. The highest BCUT2D eigenvalue weighted by Crippen LogP contribution is 2.25. The van der Waals surface area contributed by atoms with Gasteiger partial charge in [-0.3, -0.25) is 5.32 Å². The topological polar surface area (TPSA) is 35.8 Å². The normalized spacial score (nSPS) is 11.8. The van der Waals surface area contributed by atoms with Gasteiger partial charge in [-0.05, 0) is 12.1 Å². The first-order valence-corrected chi connectivity index (χ1v) is 4.76. The second kappa shape index (κ2) is 5.50. The average Bonchev–Trinajstić information content (AvgIpc) is 2.22. The van der Waals surface area contributed by atoms with Gasteiger partial charge in [-0.2, -0.15) is 5.26 Å². The van der Waals surface area contributed by atoms with Gasteiger partial charge in [-0.25, -0.2) is 4.39 Å². The fraction of sp³-hybridized carbons (Fsp3) is 0.182. The van der Waals surface area contributed by atoms with Crippen LogP contribution in [-0.2, 0) is 0 Å². The Kier molecular flexibility index (Phi) is 4.29. The Morgan fingerprint density at radius 3 is 2.93 bits per heavy atom. The second-order valence-corrected chi connectivity index (χ2v) is 3.30. The minimum atomic E-state index is -0.753. The molecule has 0 aliphatic rings. The molecule has 0 aliphatic carbocycles. The minimum Gasteiger partial charge on any atom is -0.295 e. The summed E-state index contributed by atoms with van der Waals surface area (Å²) in [5.41, 5.74) is 0.184. The van der Waals surface area contributed by atoms with Crippen molar-refractivity contribution in [3.05, 3.63) is 47.3 Å². The van der Waals surface area contributed by atoms with E-state index in [1.807, 2.05) is 6.07 Å². The number of nitrogens with one attached hydrogen (secondary N) is 1. The van der Waals surface area contributed by atoms with E-state index < -0.39 is 11.9 Å². The number of nitrogens with zero attached hydrogens (tertiary/aromatic N) is 1. The molecule has 1 rings (SSSR count). The van der Waals surface area contributed by atoms with Crippen LogP contribution >= 0.6 is 11.6 Å². The molecular formula is C11H10ClFN2. The Balaban J connectivity index is 3.01. The van der Waals surface area contributed by atoms with E-state index in [0.717, 1.165) is 0 Å². The molecule has 0 heterocycles. The lowest BCUT2D eigenvalue weighted by Gasteiger charge is -2.12. The molecule has 1 unspecified atom stereocenters. The zero-order valence-corrected chi connectivity index (χ0v) is 8.76. The van der Waals surface area contributed by atoms with Crippen LogP contribution < -0.4 is 5.32 Å². The third-order valence-electron chi connectivity index (χ3n) is 1.88. The van der Waals surface area contributed by atoms with Crippen molar-refractivity contribution in [2.24, 2.45) is 0 Å². The number of rotatable bonds is 4. The Labute approximate surface area is 93.0 Å². The Morgan fingerprint density at radius 1 is 1.67 bits per heavy atom. The molecule has 1 atom stereocenters. The van der Waals surface area contributed by atoms with Crippen LogP contribution in [0.4, 0.5) is 4.39 Å². The van der Waals surface area contributed by atoms with E-state index >= 15 is 0 Å². The van der Waals surface area contributed by atoms with Crippen LogP contribution in [0.2, 0.25) is 5.02 Å². The fourth-order valence-electron chi connectivity index (χ4n) is 1.20. The van der Waals surface area contributed by atoms with Gasteiger partial charge in [0.2, 0.25) is 0 Å². The molecule has 1 aromatic carbocycles. The van der Waals surface area contributed by atoms with Crippen LogP contribution in [-0.4, -0.2) is 6.54 Å². The van der Waals surface area contributed by atoms with Crippen molar-refractivity contribution < 1.29 is 4.39 Å². The summed E-state index contributed by atoms with van der Waals surface area (Å²) in [5.74, 6) is -0.481. The van der Waals surface area contributed by atoms with Gasteiger partial charge in [0.25, 0.3) is 0 Å². The highest BCUT2D eigenvalue weighted by Gasteiger charge is 2.17. The number of benzene rings is 1. The smallest absolute Gasteiger partial charge is 0.130 e. The zero-order chi connectivity index (χ0) is 11.3. The first-order valence-electron chi connectivity index (χ1n) is 4.38. The molecule has 0 saturated heterocycles. The molecule has 0 spiro atoms. The third-order valence-corrected chi connectivity index (χ3v) is 2.21. The fourth-order valence-corrected chi connectivity index (χ4v) is 1.47. The number of hydrogen-bond acceptors (Lipinski definition) is 2. The van der Waals surface area contributed by atoms with Gasteiger partial charge in [0.1, 0.15) is 11.9 Å². The zero-order valence-electron chi connectivity index (χ0n) is 8.00. The van der Waals surface area contributed by atoms with Crippen molar-refractivity contribution in [2.45, 2.75) is 6.04 Å². The minimum absolute atomic E-state index is 0.184. The van der Waals surface area contributed by atoms with Crippen molar-refractivity contribution in [3.8, 4) is 6.07 Å². The number of nitriles is 1. The predicted molar refractivity (Wildman–Crippen MR) is 58.0 cm³/mol. The number of hydrogen-bond donors (Lipinski definition) is 1. The highest BCUT2D eigenvalue weighted by atomic mass is 35.5. The predicted octanol–water partition coefficient (Wildman–Crippen LogP) is 2.82. The summed E-state index contributed by atoms with van der Waals surface area (Å²) in [6, 6.07) is 5.54. The molecule has 1 N–H and O–H groups in total. The molecule has 2 nitrogen and oxygen atoms in total. The SMILES string of the molecule is C=CCNC(C#N)c1c(F)cccc1Cl. The second-order valence-electron chi connectivity index (χ2n) is 2.89. The molecule has 1 aromatic rings. The third kappa shape index (κ3) is 2.79. The van der Waals surface area contributed by atoms with Gasteiger partial charge in [0.15, 0.2) is 0 Å². The Morgan fingerprint density at radius 2 is 2.40 bits per heavy atom. The Hall–Kier alpha value is -1.37. The molecule has 4 heteroatoms. The van der Waals surface area contributed by atoms with Crippen molar-refractivity contribution in [3.63, 3.8) is 0 Å². The van der Waals surface area contributed by atoms with Crippen molar-refractivity contribution in [2.75, 3.05) is 6.54 Å². The first-order chi connectivity index (χ1) is 7.20. The van der Waals surface area contributed by atoms with Gasteiger partial charge < -0.3 is 0 Å². The molecule has 0 radical (unpaired) electrons. The summed E-state index contributed by atoms with van der Waals surface area (Å²) >= 11 is 5.83. The van der Waals surface area contributed by atoms with Gasteiger partial charge >= 0.3 is 0 Å². The molecule has 78 valence electrons. The van der Waals surface area contributed by atoms with Crippen molar-refractivity contribution in [1.82, 2.24) is 5.32 Å². The summed E-state index contributed by atoms with van der Waals surface area (Å²) in [5, 5.41) is 11.9. The van der Waals surface area contributed by atoms with E-state index in [2.05, 4.69) is 11.9 Å². The van der Waals surface area contributed by atoms with Crippen LogP contribution in [0.5, 0.6) is 0 Å². The number of halogens is 2. The monoisotopic (exact) mass is 224 g/mol. The molecule has 0 bridgehead atoms. The molecule has 15 heavy (non-hydrogen) atoms. The maximum Gasteiger partial charge on any atom is 0.130 e. The molecule has 0 aromatic heterocycles. The van der Waals surface area contributed by atoms with Crippen LogP contribution in [0, 0.1) is 17.1 Å².